The fourth-order valence-electron chi connectivity index (χ4n) is 0.842. The molecule has 0 saturated heterocycles. The van der Waals surface area contributed by atoms with Crippen molar-refractivity contribution in [3.63, 3.8) is 0 Å². The Morgan fingerprint density at radius 1 is 1.42 bits per heavy atom. The first kappa shape index (κ1) is 8.99. The number of aliphatic hydroxyl groups is 1. The highest BCUT2D eigenvalue weighted by atomic mass is 19.3. The number of halogens is 2. The van der Waals surface area contributed by atoms with Crippen LogP contribution in [0.15, 0.2) is 12.4 Å². The highest BCUT2D eigenvalue weighted by molar-refractivity contribution is 5.14. The number of hydrogen-bond acceptors (Lipinski definition) is 3. The van der Waals surface area contributed by atoms with Gasteiger partial charge in [0.2, 0.25) is 0 Å². The SMILES string of the molecule is Cc1nccnc1C(F)(F)CO. The molecule has 0 saturated carbocycles. The van der Waals surface area contributed by atoms with Gasteiger partial charge in [-0.2, -0.15) is 8.78 Å². The van der Waals surface area contributed by atoms with Gasteiger partial charge in [-0.3, -0.25) is 9.97 Å². The van der Waals surface area contributed by atoms with Crippen molar-refractivity contribution in [3.8, 4) is 0 Å². The number of hydrogen-bond donors (Lipinski definition) is 1. The minimum atomic E-state index is -3.29. The molecule has 1 N–H and O–H groups in total. The van der Waals surface area contributed by atoms with Gasteiger partial charge in [0, 0.05) is 12.4 Å². The van der Waals surface area contributed by atoms with E-state index in [0.717, 1.165) is 0 Å². The van der Waals surface area contributed by atoms with Crippen LogP contribution in [0.2, 0.25) is 0 Å². The normalized spacial score (nSPS) is 11.7. The van der Waals surface area contributed by atoms with Crippen LogP contribution in [0.4, 0.5) is 8.78 Å². The van der Waals surface area contributed by atoms with E-state index in [4.69, 9.17) is 5.11 Å². The highest BCUT2D eigenvalue weighted by Crippen LogP contribution is 2.26. The van der Waals surface area contributed by atoms with E-state index in [1.54, 1.807) is 0 Å². The largest absolute Gasteiger partial charge is 0.390 e. The van der Waals surface area contributed by atoms with E-state index in [9.17, 15) is 8.78 Å². The third-order valence-corrected chi connectivity index (χ3v) is 1.43. The molecule has 1 aromatic rings. The molecule has 0 aliphatic rings. The van der Waals surface area contributed by atoms with Crippen LogP contribution in [-0.4, -0.2) is 21.7 Å². The van der Waals surface area contributed by atoms with Crippen molar-refractivity contribution in [3.05, 3.63) is 23.8 Å². The molecule has 0 aliphatic heterocycles. The molecule has 0 atom stereocenters. The van der Waals surface area contributed by atoms with Crippen LogP contribution in [0.3, 0.4) is 0 Å². The lowest BCUT2D eigenvalue weighted by Crippen LogP contribution is -2.21. The van der Waals surface area contributed by atoms with Crippen molar-refractivity contribution in [2.24, 2.45) is 0 Å². The van der Waals surface area contributed by atoms with Crippen molar-refractivity contribution in [1.82, 2.24) is 9.97 Å². The molecule has 0 spiro atoms. The van der Waals surface area contributed by atoms with Gasteiger partial charge in [0.1, 0.15) is 12.3 Å². The van der Waals surface area contributed by atoms with E-state index in [2.05, 4.69) is 9.97 Å². The monoisotopic (exact) mass is 174 g/mol. The molecule has 3 nitrogen and oxygen atoms in total. The zero-order valence-corrected chi connectivity index (χ0v) is 6.46. The van der Waals surface area contributed by atoms with Gasteiger partial charge in [-0.05, 0) is 6.92 Å². The molecular weight excluding hydrogens is 166 g/mol. The Morgan fingerprint density at radius 2 is 2.00 bits per heavy atom. The fourth-order valence-corrected chi connectivity index (χ4v) is 0.842. The van der Waals surface area contributed by atoms with E-state index < -0.39 is 18.2 Å². The lowest BCUT2D eigenvalue weighted by atomic mass is 10.2. The van der Waals surface area contributed by atoms with Crippen molar-refractivity contribution < 1.29 is 13.9 Å². The maximum Gasteiger partial charge on any atom is 0.313 e. The van der Waals surface area contributed by atoms with Crippen LogP contribution in [-0.2, 0) is 5.92 Å². The second-order valence-corrected chi connectivity index (χ2v) is 2.35. The van der Waals surface area contributed by atoms with Crippen LogP contribution < -0.4 is 0 Å². The second-order valence-electron chi connectivity index (χ2n) is 2.35. The Morgan fingerprint density at radius 3 is 2.50 bits per heavy atom. The van der Waals surface area contributed by atoms with E-state index in [1.807, 2.05) is 0 Å². The van der Waals surface area contributed by atoms with Crippen LogP contribution in [0.25, 0.3) is 0 Å². The molecule has 5 heteroatoms. The number of rotatable bonds is 2. The number of aromatic nitrogens is 2. The van der Waals surface area contributed by atoms with E-state index in [0.29, 0.717) is 0 Å². The summed E-state index contributed by atoms with van der Waals surface area (Å²) in [6, 6.07) is 0. The lowest BCUT2D eigenvalue weighted by molar-refractivity contribution is -0.0601. The molecule has 0 amide bonds. The highest BCUT2D eigenvalue weighted by Gasteiger charge is 2.34. The van der Waals surface area contributed by atoms with Crippen molar-refractivity contribution in [2.45, 2.75) is 12.8 Å². The van der Waals surface area contributed by atoms with Crippen LogP contribution in [0, 0.1) is 6.92 Å². The van der Waals surface area contributed by atoms with Crippen molar-refractivity contribution in [1.29, 1.82) is 0 Å². The molecule has 0 aliphatic carbocycles. The number of alkyl halides is 2. The summed E-state index contributed by atoms with van der Waals surface area (Å²) in [6.45, 7) is 0.179. The van der Waals surface area contributed by atoms with Crippen molar-refractivity contribution >= 4 is 0 Å². The second kappa shape index (κ2) is 3.10. The maximum absolute atomic E-state index is 12.8. The summed E-state index contributed by atoms with van der Waals surface area (Å²) in [7, 11) is 0. The molecule has 12 heavy (non-hydrogen) atoms. The number of nitrogens with zero attached hydrogens (tertiary/aromatic N) is 2. The first-order chi connectivity index (χ1) is 5.58. The maximum atomic E-state index is 12.8. The third kappa shape index (κ3) is 1.55. The molecule has 1 heterocycles. The molecule has 0 fully saturated rings. The van der Waals surface area contributed by atoms with Gasteiger partial charge >= 0.3 is 5.92 Å². The van der Waals surface area contributed by atoms with E-state index >= 15 is 0 Å². The number of aryl methyl sites for hydroxylation is 1. The Hall–Kier alpha value is -1.10. The van der Waals surface area contributed by atoms with Gasteiger partial charge in [-0.1, -0.05) is 0 Å². The zero-order valence-electron chi connectivity index (χ0n) is 6.46. The Kier molecular flexibility index (Phi) is 2.32. The molecule has 0 radical (unpaired) electrons. The average Bonchev–Trinajstić information content (AvgIpc) is 2.05. The quantitative estimate of drug-likeness (QED) is 0.723. The molecule has 1 aromatic heterocycles. The van der Waals surface area contributed by atoms with Gasteiger partial charge in [0.05, 0.1) is 5.69 Å². The predicted molar refractivity (Wildman–Crippen MR) is 37.7 cm³/mol. The van der Waals surface area contributed by atoms with Crippen LogP contribution in [0.1, 0.15) is 11.4 Å². The van der Waals surface area contributed by atoms with Gasteiger partial charge in [-0.15, -0.1) is 0 Å². The predicted octanol–water partition coefficient (Wildman–Crippen LogP) is 0.869. The zero-order chi connectivity index (χ0) is 9.19. The van der Waals surface area contributed by atoms with Gasteiger partial charge in [0.15, 0.2) is 0 Å². The summed E-state index contributed by atoms with van der Waals surface area (Å²) >= 11 is 0. The smallest absolute Gasteiger partial charge is 0.313 e. The average molecular weight is 174 g/mol. The van der Waals surface area contributed by atoms with E-state index in [-0.39, 0.29) is 5.69 Å². The molecule has 1 rings (SSSR count). The number of aliphatic hydroxyl groups excluding tert-OH is 1. The van der Waals surface area contributed by atoms with Gasteiger partial charge in [-0.25, -0.2) is 0 Å². The summed E-state index contributed by atoms with van der Waals surface area (Å²) in [5, 5.41) is 8.35. The molecular formula is C7H8F2N2O. The third-order valence-electron chi connectivity index (χ3n) is 1.43. The Balaban J connectivity index is 3.10. The van der Waals surface area contributed by atoms with Gasteiger partial charge < -0.3 is 5.11 Å². The summed E-state index contributed by atoms with van der Waals surface area (Å²) in [4.78, 5) is 7.09. The molecule has 0 unspecified atom stereocenters. The summed E-state index contributed by atoms with van der Waals surface area (Å²) in [5.41, 5.74) is -0.330. The standard InChI is InChI=1S/C7H8F2N2O/c1-5-6(7(8,9)4-12)11-3-2-10-5/h2-3,12H,4H2,1H3. The summed E-state index contributed by atoms with van der Waals surface area (Å²) in [6.07, 6.45) is 2.50. The van der Waals surface area contributed by atoms with Crippen LogP contribution in [0.5, 0.6) is 0 Å². The van der Waals surface area contributed by atoms with Gasteiger partial charge in [0.25, 0.3) is 0 Å². The Labute approximate surface area is 68.1 Å². The topological polar surface area (TPSA) is 46.0 Å². The summed E-state index contributed by atoms with van der Waals surface area (Å²) in [5.74, 6) is -3.29. The Bertz CT molecular complexity index is 278. The van der Waals surface area contributed by atoms with E-state index in [1.165, 1.54) is 19.3 Å². The first-order valence-electron chi connectivity index (χ1n) is 3.34. The molecule has 0 aromatic carbocycles. The minimum absolute atomic E-state index is 0.136. The van der Waals surface area contributed by atoms with Crippen LogP contribution >= 0.6 is 0 Å². The van der Waals surface area contributed by atoms with Crippen molar-refractivity contribution in [2.75, 3.05) is 6.61 Å². The minimum Gasteiger partial charge on any atom is -0.390 e. The molecule has 0 bridgehead atoms. The summed E-state index contributed by atoms with van der Waals surface area (Å²) < 4.78 is 25.6. The first-order valence-corrected chi connectivity index (χ1v) is 3.34. The fraction of sp³-hybridized carbons (Fsp3) is 0.429. The molecule has 66 valence electrons. The lowest BCUT2D eigenvalue weighted by Gasteiger charge is -2.13.